The second-order valence-electron chi connectivity index (χ2n) is 10.1. The Balaban J connectivity index is 1.59. The molecule has 0 radical (unpaired) electrons. The highest BCUT2D eigenvalue weighted by Gasteiger charge is 2.30. The zero-order valence-electron chi connectivity index (χ0n) is 23.3. The summed E-state index contributed by atoms with van der Waals surface area (Å²) in [5.41, 5.74) is 5.05. The molecule has 0 spiro atoms. The molecule has 10 heteroatoms. The van der Waals surface area contributed by atoms with Gasteiger partial charge in [-0.05, 0) is 70.0 Å². The molecule has 40 heavy (non-hydrogen) atoms. The zero-order valence-corrected chi connectivity index (χ0v) is 23.3. The van der Waals surface area contributed by atoms with Crippen molar-refractivity contribution in [3.8, 4) is 11.3 Å². The molecule has 5 rings (SSSR count). The first-order chi connectivity index (χ1) is 19.2. The number of fused-ring (bicyclic) bond motifs is 2. The van der Waals surface area contributed by atoms with Gasteiger partial charge in [-0.2, -0.15) is 0 Å². The van der Waals surface area contributed by atoms with E-state index in [0.717, 1.165) is 30.6 Å². The van der Waals surface area contributed by atoms with Crippen molar-refractivity contribution in [1.29, 1.82) is 0 Å². The average molecular weight is 542 g/mol. The van der Waals surface area contributed by atoms with Gasteiger partial charge in [0.25, 0.3) is 0 Å². The molecule has 8 nitrogen and oxygen atoms in total. The molecule has 4 aromatic rings. The smallest absolute Gasteiger partial charge is 0.440 e. The summed E-state index contributed by atoms with van der Waals surface area (Å²) in [6, 6.07) is 10.3. The van der Waals surface area contributed by atoms with Crippen LogP contribution in [0.3, 0.4) is 0 Å². The van der Waals surface area contributed by atoms with E-state index in [0.29, 0.717) is 44.9 Å². The minimum Gasteiger partial charge on any atom is -0.440 e. The number of benzene rings is 2. The van der Waals surface area contributed by atoms with Crippen molar-refractivity contribution >= 4 is 41.3 Å². The fraction of sp³-hybridized carbons (Fsp3) is 0.300. The third-order valence-electron chi connectivity index (χ3n) is 7.21. The standard InChI is InChI=1S/C30H32BFN4O4/c1-6-11-36(7-2)30-18(4)28(37)23-13-17(3)12-22(29(23)39-30)19(5)35-25-9-8-10-33-27(25)20-14-21-16-34-40-31(38)26(21)24(32)15-20/h8-10,12-16,19,35,38H,6-7,11H2,1-5H3. The molecule has 206 valence electrons. The van der Waals surface area contributed by atoms with Gasteiger partial charge in [-0.3, -0.25) is 9.78 Å². The Kier molecular flexibility index (Phi) is 7.62. The van der Waals surface area contributed by atoms with Gasteiger partial charge in [-0.1, -0.05) is 13.0 Å². The van der Waals surface area contributed by atoms with Gasteiger partial charge >= 0.3 is 7.12 Å². The van der Waals surface area contributed by atoms with Crippen LogP contribution >= 0.6 is 0 Å². The van der Waals surface area contributed by atoms with Crippen molar-refractivity contribution in [3.05, 3.63) is 80.9 Å². The van der Waals surface area contributed by atoms with Gasteiger partial charge in [-0.15, -0.1) is 5.16 Å². The van der Waals surface area contributed by atoms with Crippen molar-refractivity contribution in [1.82, 2.24) is 4.98 Å². The number of hydrogen-bond acceptors (Lipinski definition) is 8. The average Bonchev–Trinajstić information content (AvgIpc) is 2.94. The van der Waals surface area contributed by atoms with Crippen LogP contribution < -0.4 is 21.1 Å². The van der Waals surface area contributed by atoms with E-state index in [4.69, 9.17) is 9.17 Å². The molecule has 0 aliphatic carbocycles. The lowest BCUT2D eigenvalue weighted by atomic mass is 9.75. The van der Waals surface area contributed by atoms with Gasteiger partial charge in [0.2, 0.25) is 5.88 Å². The molecule has 0 amide bonds. The third-order valence-corrected chi connectivity index (χ3v) is 7.21. The normalized spacial score (nSPS) is 13.2. The minimum atomic E-state index is -1.46. The van der Waals surface area contributed by atoms with Gasteiger partial charge in [0, 0.05) is 41.4 Å². The number of nitrogens with zero attached hydrogens (tertiary/aromatic N) is 3. The van der Waals surface area contributed by atoms with Crippen LogP contribution in [0.5, 0.6) is 0 Å². The largest absolute Gasteiger partial charge is 0.586 e. The lowest BCUT2D eigenvalue weighted by molar-refractivity contribution is 0.285. The fourth-order valence-corrected chi connectivity index (χ4v) is 5.26. The van der Waals surface area contributed by atoms with Gasteiger partial charge in [-0.25, -0.2) is 4.39 Å². The van der Waals surface area contributed by atoms with Crippen molar-refractivity contribution in [2.45, 2.75) is 47.1 Å². The Labute approximate surface area is 232 Å². The van der Waals surface area contributed by atoms with Crippen LogP contribution in [0, 0.1) is 19.7 Å². The van der Waals surface area contributed by atoms with Crippen molar-refractivity contribution in [2.75, 3.05) is 23.3 Å². The number of nitrogens with one attached hydrogen (secondary N) is 1. The number of aryl methyl sites for hydroxylation is 1. The second-order valence-corrected chi connectivity index (χ2v) is 10.1. The molecule has 0 bridgehead atoms. The third kappa shape index (κ3) is 4.95. The molecular formula is C30H32BFN4O4. The summed E-state index contributed by atoms with van der Waals surface area (Å²) in [6.07, 6.45) is 3.93. The Bertz CT molecular complexity index is 1670. The van der Waals surface area contributed by atoms with Gasteiger partial charge in [0.1, 0.15) is 11.4 Å². The van der Waals surface area contributed by atoms with Crippen LogP contribution in [0.1, 0.15) is 55.5 Å². The summed E-state index contributed by atoms with van der Waals surface area (Å²) in [6.45, 7) is 11.4. The Hall–Kier alpha value is -4.18. The maximum atomic E-state index is 15.0. The summed E-state index contributed by atoms with van der Waals surface area (Å²) < 4.78 is 26.3. The van der Waals surface area contributed by atoms with Crippen LogP contribution in [-0.4, -0.2) is 36.4 Å². The van der Waals surface area contributed by atoms with Gasteiger partial charge in [0.15, 0.2) is 5.43 Å². The molecule has 3 heterocycles. The lowest BCUT2D eigenvalue weighted by Crippen LogP contribution is -2.40. The maximum absolute atomic E-state index is 15.0. The molecule has 0 fully saturated rings. The molecule has 1 aliphatic rings. The first-order valence-electron chi connectivity index (χ1n) is 13.5. The number of rotatable bonds is 8. The zero-order chi connectivity index (χ0) is 28.6. The Morgan fingerprint density at radius 3 is 2.75 bits per heavy atom. The molecule has 2 aromatic heterocycles. The van der Waals surface area contributed by atoms with E-state index in [1.54, 1.807) is 18.3 Å². The summed E-state index contributed by atoms with van der Waals surface area (Å²) in [5.74, 6) is -0.0173. The number of aromatic nitrogens is 1. The van der Waals surface area contributed by atoms with Crippen molar-refractivity contribution in [3.63, 3.8) is 0 Å². The van der Waals surface area contributed by atoms with E-state index in [2.05, 4.69) is 27.3 Å². The van der Waals surface area contributed by atoms with Crippen LogP contribution in [0.15, 0.2) is 57.0 Å². The van der Waals surface area contributed by atoms with Crippen molar-refractivity contribution in [2.24, 2.45) is 5.16 Å². The summed E-state index contributed by atoms with van der Waals surface area (Å²) in [4.78, 5) is 20.1. The molecule has 2 aromatic carbocycles. The summed E-state index contributed by atoms with van der Waals surface area (Å²) in [7, 11) is -1.46. The predicted molar refractivity (Wildman–Crippen MR) is 158 cm³/mol. The molecule has 1 aliphatic heterocycles. The first-order valence-corrected chi connectivity index (χ1v) is 13.5. The quantitative estimate of drug-likeness (QED) is 0.300. The van der Waals surface area contributed by atoms with Gasteiger partial charge < -0.3 is 24.4 Å². The Morgan fingerprint density at radius 1 is 1.20 bits per heavy atom. The molecule has 0 saturated carbocycles. The van der Waals surface area contributed by atoms with E-state index in [-0.39, 0.29) is 16.9 Å². The van der Waals surface area contributed by atoms with Crippen LogP contribution in [-0.2, 0) is 4.76 Å². The number of pyridine rings is 1. The highest BCUT2D eigenvalue weighted by Crippen LogP contribution is 2.34. The lowest BCUT2D eigenvalue weighted by Gasteiger charge is -2.24. The van der Waals surface area contributed by atoms with Crippen LogP contribution in [0.2, 0.25) is 0 Å². The van der Waals surface area contributed by atoms with Gasteiger partial charge in [0.05, 0.1) is 34.6 Å². The summed E-state index contributed by atoms with van der Waals surface area (Å²) in [5, 5.41) is 17.7. The van der Waals surface area contributed by atoms with E-state index < -0.39 is 12.9 Å². The molecular weight excluding hydrogens is 510 g/mol. The maximum Gasteiger partial charge on any atom is 0.586 e. The summed E-state index contributed by atoms with van der Waals surface area (Å²) >= 11 is 0. The predicted octanol–water partition coefficient (Wildman–Crippen LogP) is 5.07. The number of oxime groups is 1. The topological polar surface area (TPSA) is 100 Å². The molecule has 0 saturated heterocycles. The SMILES string of the molecule is CCCN(CC)c1oc2c(C(C)Nc3cccnc3-c3cc(F)c4c(c3)C=NOB4O)cc(C)cc2c(=O)c1C. The number of halogens is 1. The Morgan fingerprint density at radius 2 is 2.00 bits per heavy atom. The minimum absolute atomic E-state index is 0.0362. The van der Waals surface area contributed by atoms with E-state index in [1.807, 2.05) is 45.9 Å². The van der Waals surface area contributed by atoms with Crippen LogP contribution in [0.4, 0.5) is 16.0 Å². The van der Waals surface area contributed by atoms with Crippen LogP contribution in [0.25, 0.3) is 22.2 Å². The molecule has 1 unspecified atom stereocenters. The van der Waals surface area contributed by atoms with E-state index >= 15 is 4.39 Å². The fourth-order valence-electron chi connectivity index (χ4n) is 5.26. The number of hydrogen-bond donors (Lipinski definition) is 2. The molecule has 2 N–H and O–H groups in total. The molecule has 1 atom stereocenters. The highest BCUT2D eigenvalue weighted by atomic mass is 19.1. The second kappa shape index (κ2) is 11.1. The highest BCUT2D eigenvalue weighted by molar-refractivity contribution is 6.62. The van der Waals surface area contributed by atoms with E-state index in [9.17, 15) is 9.82 Å². The first kappa shape index (κ1) is 27.4. The number of anilines is 2. The van der Waals surface area contributed by atoms with Crippen molar-refractivity contribution < 1.29 is 18.6 Å². The van der Waals surface area contributed by atoms with E-state index in [1.165, 1.54) is 12.3 Å². The monoisotopic (exact) mass is 542 g/mol.